The fourth-order valence-electron chi connectivity index (χ4n) is 1.01. The Morgan fingerprint density at radius 3 is 2.75 bits per heavy atom. The Kier molecular flexibility index (Phi) is 2.78. The summed E-state index contributed by atoms with van der Waals surface area (Å²) in [6.07, 6.45) is -0.690. The van der Waals surface area contributed by atoms with Crippen LogP contribution in [0.3, 0.4) is 0 Å². The van der Waals surface area contributed by atoms with Crippen molar-refractivity contribution < 1.29 is 9.50 Å². The van der Waals surface area contributed by atoms with E-state index < -0.39 is 6.10 Å². The van der Waals surface area contributed by atoms with Crippen molar-refractivity contribution in [2.24, 2.45) is 5.73 Å². The highest BCUT2D eigenvalue weighted by atomic mass is 19.1. The lowest BCUT2D eigenvalue weighted by molar-refractivity contribution is 0.186. The zero-order valence-electron chi connectivity index (χ0n) is 6.92. The first kappa shape index (κ1) is 9.16. The average molecular weight is 169 g/mol. The van der Waals surface area contributed by atoms with Gasteiger partial charge in [-0.25, -0.2) is 4.39 Å². The number of aliphatic hydroxyl groups is 1. The van der Waals surface area contributed by atoms with Gasteiger partial charge < -0.3 is 10.8 Å². The van der Waals surface area contributed by atoms with Crippen molar-refractivity contribution in [1.29, 1.82) is 0 Å². The highest BCUT2D eigenvalue weighted by Gasteiger charge is 2.06. The number of hydrogen-bond acceptors (Lipinski definition) is 2. The van der Waals surface area contributed by atoms with E-state index in [1.54, 1.807) is 19.1 Å². The molecule has 3 N–H and O–H groups in total. The second-order valence-corrected chi connectivity index (χ2v) is 2.76. The van der Waals surface area contributed by atoms with Gasteiger partial charge in [0.15, 0.2) is 0 Å². The first-order valence-electron chi connectivity index (χ1n) is 3.79. The van der Waals surface area contributed by atoms with Crippen LogP contribution in [0, 0.1) is 12.7 Å². The smallest absolute Gasteiger partial charge is 0.126 e. The largest absolute Gasteiger partial charge is 0.387 e. The standard InChI is InChI=1S/C9H12FNO/c1-6-4-7(9(12)5-11)2-3-8(6)10/h2-4,9,12H,5,11H2,1H3/t9-/m0/s1. The predicted octanol–water partition coefficient (Wildman–Crippen LogP) is 1.13. The maximum atomic E-state index is 12.8. The molecule has 3 heteroatoms. The second kappa shape index (κ2) is 3.65. The molecule has 0 heterocycles. The van der Waals surface area contributed by atoms with Gasteiger partial charge in [-0.3, -0.25) is 0 Å². The van der Waals surface area contributed by atoms with Crippen molar-refractivity contribution in [3.8, 4) is 0 Å². The third-order valence-corrected chi connectivity index (χ3v) is 1.79. The summed E-state index contributed by atoms with van der Waals surface area (Å²) < 4.78 is 12.8. The molecule has 0 aliphatic heterocycles. The molecule has 0 fully saturated rings. The lowest BCUT2D eigenvalue weighted by atomic mass is 10.1. The molecule has 0 bridgehead atoms. The van der Waals surface area contributed by atoms with Gasteiger partial charge in [0, 0.05) is 6.54 Å². The topological polar surface area (TPSA) is 46.2 Å². The van der Waals surface area contributed by atoms with E-state index in [-0.39, 0.29) is 12.4 Å². The summed E-state index contributed by atoms with van der Waals surface area (Å²) >= 11 is 0. The van der Waals surface area contributed by atoms with Gasteiger partial charge in [0.1, 0.15) is 5.82 Å². The van der Waals surface area contributed by atoms with Crippen LogP contribution in [0.15, 0.2) is 18.2 Å². The number of benzene rings is 1. The summed E-state index contributed by atoms with van der Waals surface area (Å²) in [5.41, 5.74) is 6.44. The maximum absolute atomic E-state index is 12.8. The number of halogens is 1. The molecule has 2 nitrogen and oxygen atoms in total. The van der Waals surface area contributed by atoms with Gasteiger partial charge in [0.05, 0.1) is 6.10 Å². The molecule has 0 aliphatic rings. The first-order valence-corrected chi connectivity index (χ1v) is 3.79. The summed E-state index contributed by atoms with van der Waals surface area (Å²) in [5.74, 6) is -0.261. The molecule has 1 aromatic carbocycles. The first-order chi connectivity index (χ1) is 5.65. The van der Waals surface area contributed by atoms with Gasteiger partial charge in [0.25, 0.3) is 0 Å². The van der Waals surface area contributed by atoms with Gasteiger partial charge in [-0.2, -0.15) is 0 Å². The van der Waals surface area contributed by atoms with E-state index in [2.05, 4.69) is 0 Å². The van der Waals surface area contributed by atoms with E-state index in [1.807, 2.05) is 0 Å². The van der Waals surface area contributed by atoms with Crippen LogP contribution < -0.4 is 5.73 Å². The summed E-state index contributed by atoms with van der Waals surface area (Å²) in [4.78, 5) is 0. The Labute approximate surface area is 70.8 Å². The summed E-state index contributed by atoms with van der Waals surface area (Å²) in [7, 11) is 0. The van der Waals surface area contributed by atoms with Crippen LogP contribution in [-0.2, 0) is 0 Å². The van der Waals surface area contributed by atoms with E-state index in [4.69, 9.17) is 5.73 Å². The molecule has 66 valence electrons. The molecular formula is C9H12FNO. The predicted molar refractivity (Wildman–Crippen MR) is 45.2 cm³/mol. The minimum Gasteiger partial charge on any atom is -0.387 e. The molecule has 0 saturated carbocycles. The Balaban J connectivity index is 2.96. The molecule has 0 saturated heterocycles. The van der Waals surface area contributed by atoms with Crippen molar-refractivity contribution in [3.63, 3.8) is 0 Å². The molecule has 1 aromatic rings. The molecule has 0 aromatic heterocycles. The van der Waals surface area contributed by atoms with Crippen LogP contribution in [0.2, 0.25) is 0 Å². The van der Waals surface area contributed by atoms with Crippen LogP contribution >= 0.6 is 0 Å². The molecule has 0 amide bonds. The van der Waals surface area contributed by atoms with Crippen molar-refractivity contribution in [2.75, 3.05) is 6.54 Å². The minimum atomic E-state index is -0.690. The summed E-state index contributed by atoms with van der Waals surface area (Å²) in [5, 5.41) is 9.30. The van der Waals surface area contributed by atoms with Gasteiger partial charge in [0.2, 0.25) is 0 Å². The molecule has 0 aliphatic carbocycles. The second-order valence-electron chi connectivity index (χ2n) is 2.76. The fraction of sp³-hybridized carbons (Fsp3) is 0.333. The Bertz CT molecular complexity index is 275. The van der Waals surface area contributed by atoms with Gasteiger partial charge in [-0.05, 0) is 24.1 Å². The van der Waals surface area contributed by atoms with Gasteiger partial charge >= 0.3 is 0 Å². The molecule has 0 radical (unpaired) electrons. The van der Waals surface area contributed by atoms with Gasteiger partial charge in [-0.1, -0.05) is 12.1 Å². The maximum Gasteiger partial charge on any atom is 0.126 e. The molecule has 0 unspecified atom stereocenters. The molecule has 1 atom stereocenters. The van der Waals surface area contributed by atoms with E-state index in [0.29, 0.717) is 11.1 Å². The fourth-order valence-corrected chi connectivity index (χ4v) is 1.01. The van der Waals surface area contributed by atoms with Crippen molar-refractivity contribution in [1.82, 2.24) is 0 Å². The SMILES string of the molecule is Cc1cc([C@@H](O)CN)ccc1F. The van der Waals surface area contributed by atoms with Crippen LogP contribution in [0.25, 0.3) is 0 Å². The normalized spacial score (nSPS) is 13.0. The lowest BCUT2D eigenvalue weighted by Crippen LogP contribution is -2.11. The summed E-state index contributed by atoms with van der Waals surface area (Å²) in [6.45, 7) is 1.81. The number of rotatable bonds is 2. The van der Waals surface area contributed by atoms with Crippen LogP contribution in [-0.4, -0.2) is 11.7 Å². The van der Waals surface area contributed by atoms with E-state index in [0.717, 1.165) is 0 Å². The van der Waals surface area contributed by atoms with E-state index >= 15 is 0 Å². The number of nitrogens with two attached hydrogens (primary N) is 1. The third-order valence-electron chi connectivity index (χ3n) is 1.79. The van der Waals surface area contributed by atoms with E-state index in [9.17, 15) is 9.50 Å². The zero-order valence-corrected chi connectivity index (χ0v) is 6.92. The third kappa shape index (κ3) is 1.81. The lowest BCUT2D eigenvalue weighted by Gasteiger charge is -2.08. The molecule has 12 heavy (non-hydrogen) atoms. The zero-order chi connectivity index (χ0) is 9.14. The van der Waals surface area contributed by atoms with Crippen molar-refractivity contribution in [2.45, 2.75) is 13.0 Å². The van der Waals surface area contributed by atoms with Crippen LogP contribution in [0.4, 0.5) is 4.39 Å². The highest BCUT2D eigenvalue weighted by molar-refractivity contribution is 5.25. The Hall–Kier alpha value is -0.930. The number of hydrogen-bond donors (Lipinski definition) is 2. The molecule has 1 rings (SSSR count). The van der Waals surface area contributed by atoms with Gasteiger partial charge in [-0.15, -0.1) is 0 Å². The monoisotopic (exact) mass is 169 g/mol. The number of aryl methyl sites for hydroxylation is 1. The quantitative estimate of drug-likeness (QED) is 0.697. The number of aliphatic hydroxyl groups excluding tert-OH is 1. The van der Waals surface area contributed by atoms with E-state index in [1.165, 1.54) is 6.07 Å². The molecular weight excluding hydrogens is 157 g/mol. The Morgan fingerprint density at radius 1 is 1.58 bits per heavy atom. The van der Waals surface area contributed by atoms with Crippen LogP contribution in [0.1, 0.15) is 17.2 Å². The van der Waals surface area contributed by atoms with Crippen molar-refractivity contribution >= 4 is 0 Å². The minimum absolute atomic E-state index is 0.158. The molecule has 0 spiro atoms. The Morgan fingerprint density at radius 2 is 2.25 bits per heavy atom. The van der Waals surface area contributed by atoms with Crippen molar-refractivity contribution in [3.05, 3.63) is 35.1 Å². The van der Waals surface area contributed by atoms with Crippen LogP contribution in [0.5, 0.6) is 0 Å². The average Bonchev–Trinajstić information content (AvgIpc) is 2.08. The summed E-state index contributed by atoms with van der Waals surface area (Å²) in [6, 6.07) is 4.48. The highest BCUT2D eigenvalue weighted by Crippen LogP contribution is 2.15.